The van der Waals surface area contributed by atoms with Crippen molar-refractivity contribution in [1.29, 1.82) is 0 Å². The Morgan fingerprint density at radius 1 is 1.17 bits per heavy atom. The minimum Gasteiger partial charge on any atom is -0.493 e. The molecule has 0 heterocycles. The highest BCUT2D eigenvalue weighted by Crippen LogP contribution is 2.36. The first-order valence-corrected chi connectivity index (χ1v) is 8.45. The van der Waals surface area contributed by atoms with E-state index in [1.807, 2.05) is 19.1 Å². The first kappa shape index (κ1) is 21.9. The van der Waals surface area contributed by atoms with Crippen molar-refractivity contribution in [3.8, 4) is 17.2 Å². The zero-order valence-corrected chi connectivity index (χ0v) is 15.7. The van der Waals surface area contributed by atoms with Crippen molar-refractivity contribution < 1.29 is 37.4 Å². The lowest BCUT2D eigenvalue weighted by molar-refractivity contribution is -0.386. The van der Waals surface area contributed by atoms with Gasteiger partial charge < -0.3 is 18.9 Å². The van der Waals surface area contributed by atoms with Crippen molar-refractivity contribution in [3.05, 3.63) is 57.6 Å². The van der Waals surface area contributed by atoms with Gasteiger partial charge in [0.2, 0.25) is 0 Å². The number of methoxy groups -OCH3 is 1. The molecule has 2 aromatic rings. The molecule has 0 saturated heterocycles. The maximum Gasteiger partial charge on any atom is 0.387 e. The van der Waals surface area contributed by atoms with Crippen molar-refractivity contribution in [2.75, 3.05) is 13.7 Å². The molecule has 0 radical (unpaired) electrons. The molecular weight excluding hydrogens is 392 g/mol. The molecule has 0 spiro atoms. The Morgan fingerprint density at radius 3 is 2.45 bits per heavy atom. The van der Waals surface area contributed by atoms with Crippen LogP contribution in [-0.4, -0.2) is 31.2 Å². The summed E-state index contributed by atoms with van der Waals surface area (Å²) in [4.78, 5) is 22.3. The highest BCUT2D eigenvalue weighted by atomic mass is 19.3. The van der Waals surface area contributed by atoms with Crippen LogP contribution in [0.3, 0.4) is 0 Å². The lowest BCUT2D eigenvalue weighted by Gasteiger charge is -2.12. The second kappa shape index (κ2) is 10.2. The van der Waals surface area contributed by atoms with Gasteiger partial charge in [0.15, 0.2) is 11.5 Å². The van der Waals surface area contributed by atoms with Gasteiger partial charge in [0, 0.05) is 0 Å². The average Bonchev–Trinajstić information content (AvgIpc) is 2.67. The lowest BCUT2D eigenvalue weighted by atomic mass is 10.1. The topological polar surface area (TPSA) is 97.1 Å². The number of benzene rings is 2. The first-order valence-electron chi connectivity index (χ1n) is 8.45. The van der Waals surface area contributed by atoms with Gasteiger partial charge in [-0.05, 0) is 25.1 Å². The molecule has 0 aromatic heterocycles. The normalized spacial score (nSPS) is 10.5. The zero-order chi connectivity index (χ0) is 21.4. The van der Waals surface area contributed by atoms with Gasteiger partial charge in [0.25, 0.3) is 5.69 Å². The molecule has 0 unspecified atom stereocenters. The highest BCUT2D eigenvalue weighted by Gasteiger charge is 2.22. The van der Waals surface area contributed by atoms with Crippen molar-refractivity contribution in [2.45, 2.75) is 26.6 Å². The van der Waals surface area contributed by atoms with Crippen molar-refractivity contribution >= 4 is 11.7 Å². The number of nitro groups is 1. The summed E-state index contributed by atoms with van der Waals surface area (Å²) in [7, 11) is 1.19. The Morgan fingerprint density at radius 2 is 1.86 bits per heavy atom. The molecule has 156 valence electrons. The van der Waals surface area contributed by atoms with Crippen LogP contribution in [0.2, 0.25) is 0 Å². The van der Waals surface area contributed by atoms with Gasteiger partial charge in [-0.15, -0.1) is 0 Å². The lowest BCUT2D eigenvalue weighted by Crippen LogP contribution is -2.11. The van der Waals surface area contributed by atoms with Crippen LogP contribution in [0.25, 0.3) is 0 Å². The zero-order valence-electron chi connectivity index (χ0n) is 15.7. The maximum absolute atomic E-state index is 12.5. The number of rotatable bonds is 10. The number of carbonyl (C=O) groups excluding carboxylic acids is 1. The van der Waals surface area contributed by atoms with Crippen molar-refractivity contribution in [2.24, 2.45) is 0 Å². The van der Waals surface area contributed by atoms with Gasteiger partial charge in [-0.1, -0.05) is 17.7 Å². The minimum atomic E-state index is -3.18. The van der Waals surface area contributed by atoms with Gasteiger partial charge in [0.05, 0.1) is 36.7 Å². The predicted molar refractivity (Wildman–Crippen MR) is 97.4 cm³/mol. The Hall–Kier alpha value is -3.43. The third kappa shape index (κ3) is 6.59. The number of aryl methyl sites for hydroxylation is 1. The molecule has 2 aromatic carbocycles. The Labute approximate surface area is 165 Å². The summed E-state index contributed by atoms with van der Waals surface area (Å²) in [6.45, 7) is -1.62. The standard InChI is InChI=1S/C19H19F2NO7/c1-12-3-5-14(6-4-12)27-8-7-18(23)28-11-13-9-16(26-2)17(29-19(20)21)10-15(13)22(24)25/h3-6,9-10,19H,7-8,11H2,1-2H3. The molecule has 8 nitrogen and oxygen atoms in total. The highest BCUT2D eigenvalue weighted by molar-refractivity contribution is 5.69. The molecule has 0 saturated carbocycles. The summed E-state index contributed by atoms with van der Waals surface area (Å²) >= 11 is 0. The Balaban J connectivity index is 1.98. The number of carbonyl (C=O) groups is 1. The SMILES string of the molecule is COc1cc(COC(=O)CCOc2ccc(C)cc2)c([N+](=O)[O-])cc1OC(F)F. The van der Waals surface area contributed by atoms with E-state index < -0.39 is 35.5 Å². The molecule has 0 amide bonds. The number of hydrogen-bond acceptors (Lipinski definition) is 7. The number of esters is 1. The number of alkyl halides is 2. The van der Waals surface area contributed by atoms with Crippen LogP contribution < -0.4 is 14.2 Å². The predicted octanol–water partition coefficient (Wildman–Crippen LogP) is 4.03. The van der Waals surface area contributed by atoms with Gasteiger partial charge in [-0.3, -0.25) is 14.9 Å². The molecule has 10 heteroatoms. The van der Waals surface area contributed by atoms with E-state index in [1.165, 1.54) is 7.11 Å². The Kier molecular flexibility index (Phi) is 7.70. The fourth-order valence-corrected chi connectivity index (χ4v) is 2.34. The molecule has 2 rings (SSSR count). The molecule has 0 fully saturated rings. The molecule has 0 N–H and O–H groups in total. The van der Waals surface area contributed by atoms with E-state index in [0.717, 1.165) is 17.7 Å². The fourth-order valence-electron chi connectivity index (χ4n) is 2.34. The monoisotopic (exact) mass is 411 g/mol. The van der Waals surface area contributed by atoms with E-state index in [9.17, 15) is 23.7 Å². The summed E-state index contributed by atoms with van der Waals surface area (Å²) in [6.07, 6.45) is -0.0780. The van der Waals surface area contributed by atoms with E-state index in [4.69, 9.17) is 14.2 Å². The quantitative estimate of drug-likeness (QED) is 0.331. The molecule has 29 heavy (non-hydrogen) atoms. The van der Waals surface area contributed by atoms with Gasteiger partial charge in [-0.2, -0.15) is 8.78 Å². The van der Waals surface area contributed by atoms with E-state index in [0.29, 0.717) is 5.75 Å². The van der Waals surface area contributed by atoms with Crippen LogP contribution in [0.5, 0.6) is 17.2 Å². The van der Waals surface area contributed by atoms with Crippen molar-refractivity contribution in [1.82, 2.24) is 0 Å². The van der Waals surface area contributed by atoms with Crippen LogP contribution >= 0.6 is 0 Å². The van der Waals surface area contributed by atoms with E-state index >= 15 is 0 Å². The van der Waals surface area contributed by atoms with Gasteiger partial charge >= 0.3 is 12.6 Å². The van der Waals surface area contributed by atoms with Crippen LogP contribution in [0.1, 0.15) is 17.5 Å². The molecule has 0 aliphatic rings. The summed E-state index contributed by atoms with van der Waals surface area (Å²) in [5.74, 6) is -0.683. The van der Waals surface area contributed by atoms with Crippen LogP contribution in [-0.2, 0) is 16.1 Å². The number of halogens is 2. The third-order valence-corrected chi connectivity index (χ3v) is 3.76. The van der Waals surface area contributed by atoms with E-state index in [-0.39, 0.29) is 24.3 Å². The second-order valence-electron chi connectivity index (χ2n) is 5.84. The molecule has 0 aliphatic heterocycles. The average molecular weight is 411 g/mol. The molecule has 0 atom stereocenters. The van der Waals surface area contributed by atoms with Gasteiger partial charge in [-0.25, -0.2) is 0 Å². The number of ether oxygens (including phenoxy) is 4. The van der Waals surface area contributed by atoms with Crippen LogP contribution in [0, 0.1) is 17.0 Å². The summed E-state index contributed by atoms with van der Waals surface area (Å²) in [5, 5.41) is 11.2. The van der Waals surface area contributed by atoms with Crippen molar-refractivity contribution in [3.63, 3.8) is 0 Å². The summed E-state index contributed by atoms with van der Waals surface area (Å²) < 4.78 is 44.5. The number of hydrogen-bond donors (Lipinski definition) is 0. The van der Waals surface area contributed by atoms with Crippen LogP contribution in [0.15, 0.2) is 36.4 Å². The molecular formula is C19H19F2NO7. The minimum absolute atomic E-state index is 0.0266. The molecule has 0 bridgehead atoms. The number of nitro benzene ring substituents is 1. The molecule has 0 aliphatic carbocycles. The Bertz CT molecular complexity index is 856. The second-order valence-corrected chi connectivity index (χ2v) is 5.84. The smallest absolute Gasteiger partial charge is 0.387 e. The maximum atomic E-state index is 12.5. The number of nitrogens with zero attached hydrogens (tertiary/aromatic N) is 1. The third-order valence-electron chi connectivity index (χ3n) is 3.76. The van der Waals surface area contributed by atoms with E-state index in [2.05, 4.69) is 4.74 Å². The van der Waals surface area contributed by atoms with Gasteiger partial charge in [0.1, 0.15) is 12.4 Å². The summed E-state index contributed by atoms with van der Waals surface area (Å²) in [6, 6.07) is 9.17. The summed E-state index contributed by atoms with van der Waals surface area (Å²) in [5.41, 5.74) is 0.505. The van der Waals surface area contributed by atoms with E-state index in [1.54, 1.807) is 12.1 Å². The fraction of sp³-hybridized carbons (Fsp3) is 0.316. The largest absolute Gasteiger partial charge is 0.493 e. The first-order chi connectivity index (χ1) is 13.8. The van der Waals surface area contributed by atoms with Crippen LogP contribution in [0.4, 0.5) is 14.5 Å².